The number of ether oxygens (including phenoxy) is 1. The van der Waals surface area contributed by atoms with E-state index in [2.05, 4.69) is 10.6 Å². The van der Waals surface area contributed by atoms with Crippen molar-refractivity contribution in [2.75, 3.05) is 5.75 Å². The number of esters is 1. The molecule has 0 aliphatic rings. The van der Waals surface area contributed by atoms with Gasteiger partial charge >= 0.3 is 12.0 Å². The Morgan fingerprint density at radius 3 is 2.43 bits per heavy atom. The Hall–Kier alpha value is -2.02. The van der Waals surface area contributed by atoms with E-state index in [9.17, 15) is 14.4 Å². The number of hydrogen-bond donors (Lipinski definition) is 2. The van der Waals surface area contributed by atoms with E-state index < -0.39 is 24.0 Å². The minimum atomic E-state index is -1.03. The van der Waals surface area contributed by atoms with Gasteiger partial charge < -0.3 is 10.1 Å². The summed E-state index contributed by atoms with van der Waals surface area (Å²) in [5.41, 5.74) is 1.07. The molecule has 126 valence electrons. The fourth-order valence-corrected chi connectivity index (χ4v) is 2.46. The van der Waals surface area contributed by atoms with Crippen LogP contribution in [0.1, 0.15) is 26.3 Å². The summed E-state index contributed by atoms with van der Waals surface area (Å²) < 4.78 is 5.03. The fourth-order valence-electron chi connectivity index (χ4n) is 1.65. The maximum absolute atomic E-state index is 11.8. The van der Waals surface area contributed by atoms with Crippen LogP contribution in [0.15, 0.2) is 29.2 Å². The molecule has 0 radical (unpaired) electrons. The van der Waals surface area contributed by atoms with Gasteiger partial charge in [-0.1, -0.05) is 18.2 Å². The third kappa shape index (κ3) is 7.19. The number of amides is 3. The summed E-state index contributed by atoms with van der Waals surface area (Å²) in [7, 11) is 0. The monoisotopic (exact) mass is 338 g/mol. The van der Waals surface area contributed by atoms with Gasteiger partial charge in [0.1, 0.15) is 0 Å². The zero-order valence-electron chi connectivity index (χ0n) is 13.7. The third-order valence-electron chi connectivity index (χ3n) is 2.77. The molecule has 1 rings (SSSR count). The molecule has 2 N–H and O–H groups in total. The van der Waals surface area contributed by atoms with Gasteiger partial charge in [0.25, 0.3) is 5.91 Å². The molecule has 1 atom stereocenters. The number of nitrogens with one attached hydrogen (secondary N) is 2. The number of thioether (sulfide) groups is 1. The van der Waals surface area contributed by atoms with Crippen LogP contribution in [-0.2, 0) is 14.3 Å². The Labute approximate surface area is 140 Å². The van der Waals surface area contributed by atoms with E-state index in [0.717, 1.165) is 10.5 Å². The van der Waals surface area contributed by atoms with Gasteiger partial charge in [-0.3, -0.25) is 14.9 Å². The van der Waals surface area contributed by atoms with Crippen LogP contribution in [0.3, 0.4) is 0 Å². The van der Waals surface area contributed by atoms with Crippen LogP contribution in [-0.4, -0.2) is 35.8 Å². The van der Waals surface area contributed by atoms with Gasteiger partial charge in [0, 0.05) is 10.9 Å². The number of rotatable bonds is 6. The van der Waals surface area contributed by atoms with Gasteiger partial charge in [-0.05, 0) is 39.3 Å². The van der Waals surface area contributed by atoms with E-state index in [1.54, 1.807) is 13.8 Å². The molecule has 0 bridgehead atoms. The topological polar surface area (TPSA) is 84.5 Å². The lowest BCUT2D eigenvalue weighted by atomic mass is 10.2. The van der Waals surface area contributed by atoms with Crippen LogP contribution in [0, 0.1) is 6.92 Å². The SMILES string of the molecule is Cc1ccccc1SCC(=O)O[C@H](C)C(=O)NC(=O)NC(C)C. The molecule has 6 nitrogen and oxygen atoms in total. The fraction of sp³-hybridized carbons (Fsp3) is 0.438. The molecule has 0 spiro atoms. The number of carbonyl (C=O) groups is 3. The lowest BCUT2D eigenvalue weighted by molar-refractivity contribution is -0.151. The molecule has 23 heavy (non-hydrogen) atoms. The van der Waals surface area contributed by atoms with E-state index in [1.807, 2.05) is 31.2 Å². The van der Waals surface area contributed by atoms with E-state index in [0.29, 0.717) is 0 Å². The van der Waals surface area contributed by atoms with E-state index in [4.69, 9.17) is 4.74 Å². The molecule has 7 heteroatoms. The molecule has 0 heterocycles. The molecule has 0 saturated heterocycles. The molecular formula is C16H22N2O4S. The van der Waals surface area contributed by atoms with E-state index >= 15 is 0 Å². The van der Waals surface area contributed by atoms with Crippen LogP contribution in [0.2, 0.25) is 0 Å². The Morgan fingerprint density at radius 2 is 1.83 bits per heavy atom. The number of imide groups is 1. The second-order valence-corrected chi connectivity index (χ2v) is 6.32. The van der Waals surface area contributed by atoms with E-state index in [1.165, 1.54) is 18.7 Å². The molecule has 0 unspecified atom stereocenters. The first-order valence-electron chi connectivity index (χ1n) is 7.29. The zero-order valence-corrected chi connectivity index (χ0v) is 14.5. The highest BCUT2D eigenvalue weighted by Gasteiger charge is 2.20. The van der Waals surface area contributed by atoms with Crippen molar-refractivity contribution in [3.05, 3.63) is 29.8 Å². The van der Waals surface area contributed by atoms with Crippen molar-refractivity contribution in [3.8, 4) is 0 Å². The first kappa shape index (κ1) is 19.0. The maximum atomic E-state index is 11.8. The third-order valence-corrected chi connectivity index (χ3v) is 3.92. The molecule has 0 saturated carbocycles. The maximum Gasteiger partial charge on any atom is 0.321 e. The summed E-state index contributed by atoms with van der Waals surface area (Å²) >= 11 is 1.35. The van der Waals surface area contributed by atoms with Gasteiger partial charge in [0.2, 0.25) is 0 Å². The second-order valence-electron chi connectivity index (χ2n) is 5.30. The molecule has 3 amide bonds. The van der Waals surface area contributed by atoms with Crippen LogP contribution in [0.5, 0.6) is 0 Å². The summed E-state index contributed by atoms with van der Waals surface area (Å²) in [5.74, 6) is -1.07. The van der Waals surface area contributed by atoms with Gasteiger partial charge in [0.05, 0.1) is 5.75 Å². The van der Waals surface area contributed by atoms with Crippen molar-refractivity contribution in [1.82, 2.24) is 10.6 Å². The Kier molecular flexibility index (Phi) is 7.61. The molecule has 1 aromatic carbocycles. The summed E-state index contributed by atoms with van der Waals surface area (Å²) in [4.78, 5) is 35.9. The summed E-state index contributed by atoms with van der Waals surface area (Å²) in [6.07, 6.45) is -1.03. The van der Waals surface area contributed by atoms with E-state index in [-0.39, 0.29) is 11.8 Å². The number of carbonyl (C=O) groups excluding carboxylic acids is 3. The second kappa shape index (κ2) is 9.19. The highest BCUT2D eigenvalue weighted by atomic mass is 32.2. The lowest BCUT2D eigenvalue weighted by Gasteiger charge is -2.14. The predicted octanol–water partition coefficient (Wildman–Crippen LogP) is 2.25. The number of urea groups is 1. The quantitative estimate of drug-likeness (QED) is 0.614. The molecule has 0 fully saturated rings. The molecule has 0 aromatic heterocycles. The standard InChI is InChI=1S/C16H22N2O4S/c1-10(2)17-16(21)18-15(20)12(4)22-14(19)9-23-13-8-6-5-7-11(13)3/h5-8,10,12H,9H2,1-4H3,(H2,17,18,20,21)/t12-/m1/s1. The summed E-state index contributed by atoms with van der Waals surface area (Å²) in [5, 5.41) is 4.65. The van der Waals surface area contributed by atoms with Gasteiger partial charge in [-0.25, -0.2) is 4.79 Å². The first-order valence-corrected chi connectivity index (χ1v) is 8.27. The van der Waals surface area contributed by atoms with Crippen LogP contribution in [0.25, 0.3) is 0 Å². The zero-order chi connectivity index (χ0) is 17.4. The lowest BCUT2D eigenvalue weighted by Crippen LogP contribution is -2.46. The average Bonchev–Trinajstić information content (AvgIpc) is 2.45. The van der Waals surface area contributed by atoms with Crippen molar-refractivity contribution in [1.29, 1.82) is 0 Å². The normalized spacial score (nSPS) is 11.7. The Bertz CT molecular complexity index is 575. The van der Waals surface area contributed by atoms with Gasteiger partial charge in [-0.2, -0.15) is 0 Å². The number of aryl methyl sites for hydroxylation is 1. The van der Waals surface area contributed by atoms with Crippen LogP contribution >= 0.6 is 11.8 Å². The smallest absolute Gasteiger partial charge is 0.321 e. The Morgan fingerprint density at radius 1 is 1.17 bits per heavy atom. The van der Waals surface area contributed by atoms with Crippen molar-refractivity contribution in [3.63, 3.8) is 0 Å². The molecule has 0 aliphatic heterocycles. The number of benzene rings is 1. The Balaban J connectivity index is 2.39. The average molecular weight is 338 g/mol. The van der Waals surface area contributed by atoms with Crippen LogP contribution in [0.4, 0.5) is 4.79 Å². The highest BCUT2D eigenvalue weighted by molar-refractivity contribution is 8.00. The van der Waals surface area contributed by atoms with Crippen molar-refractivity contribution < 1.29 is 19.1 Å². The minimum Gasteiger partial charge on any atom is -0.452 e. The van der Waals surface area contributed by atoms with Crippen LogP contribution < -0.4 is 10.6 Å². The van der Waals surface area contributed by atoms with Gasteiger partial charge in [0.15, 0.2) is 6.10 Å². The molecule has 0 aliphatic carbocycles. The van der Waals surface area contributed by atoms with Crippen molar-refractivity contribution in [2.24, 2.45) is 0 Å². The van der Waals surface area contributed by atoms with Crippen molar-refractivity contribution >= 4 is 29.7 Å². The summed E-state index contributed by atoms with van der Waals surface area (Å²) in [6, 6.07) is 6.99. The first-order chi connectivity index (χ1) is 10.8. The molecule has 1 aromatic rings. The van der Waals surface area contributed by atoms with Gasteiger partial charge in [-0.15, -0.1) is 11.8 Å². The predicted molar refractivity (Wildman–Crippen MR) is 89.3 cm³/mol. The largest absolute Gasteiger partial charge is 0.452 e. The highest BCUT2D eigenvalue weighted by Crippen LogP contribution is 2.21. The number of hydrogen-bond acceptors (Lipinski definition) is 5. The summed E-state index contributed by atoms with van der Waals surface area (Å²) in [6.45, 7) is 6.93. The molecular weight excluding hydrogens is 316 g/mol. The van der Waals surface area contributed by atoms with Crippen molar-refractivity contribution in [2.45, 2.75) is 44.7 Å². The minimum absolute atomic E-state index is 0.0915.